The van der Waals surface area contributed by atoms with Gasteiger partial charge in [-0.25, -0.2) is 14.2 Å². The van der Waals surface area contributed by atoms with Crippen molar-refractivity contribution in [2.75, 3.05) is 5.32 Å². The maximum atomic E-state index is 13.5. The highest BCUT2D eigenvalue weighted by Gasteiger charge is 2.26. The van der Waals surface area contributed by atoms with Crippen molar-refractivity contribution in [1.82, 2.24) is 23.9 Å². The lowest BCUT2D eigenvalue weighted by Crippen LogP contribution is -2.46. The van der Waals surface area contributed by atoms with Gasteiger partial charge in [0.25, 0.3) is 0 Å². The molecule has 0 fully saturated rings. The molecule has 4 aromatic rings. The molecule has 0 spiro atoms. The van der Waals surface area contributed by atoms with Gasteiger partial charge in [0.15, 0.2) is 0 Å². The van der Waals surface area contributed by atoms with Gasteiger partial charge in [0.1, 0.15) is 0 Å². The number of aliphatic carboxylic acids is 1. The van der Waals surface area contributed by atoms with E-state index in [-0.39, 0.29) is 12.5 Å². The van der Waals surface area contributed by atoms with Crippen LogP contribution in [0.5, 0.6) is 0 Å². The Balaban J connectivity index is 1.84. The van der Waals surface area contributed by atoms with Crippen LogP contribution in [-0.4, -0.2) is 35.0 Å². The summed E-state index contributed by atoms with van der Waals surface area (Å²) in [7, 11) is 1.81. The smallest absolute Gasteiger partial charge is 0.355 e. The number of rotatable bonds is 7. The highest BCUT2D eigenvalue weighted by atomic mass is 35.5. The van der Waals surface area contributed by atoms with Crippen LogP contribution in [0.25, 0.3) is 10.9 Å². The number of carbonyl (C=O) groups is 1. The lowest BCUT2D eigenvalue weighted by Gasteiger charge is -2.21. The maximum absolute atomic E-state index is 13.5. The van der Waals surface area contributed by atoms with Crippen molar-refractivity contribution >= 4 is 40.1 Å². The maximum Gasteiger partial charge on any atom is 0.355 e. The molecule has 0 bridgehead atoms. The zero-order valence-electron chi connectivity index (χ0n) is 18.8. The zero-order valence-corrected chi connectivity index (χ0v) is 19.5. The number of nitrogens with one attached hydrogen (secondary N) is 1. The summed E-state index contributed by atoms with van der Waals surface area (Å²) in [5.41, 5.74) is 0.718. The molecule has 0 aliphatic heterocycles. The number of benzene rings is 2. The van der Waals surface area contributed by atoms with Gasteiger partial charge in [-0.3, -0.25) is 14.0 Å². The molecule has 2 aromatic heterocycles. The van der Waals surface area contributed by atoms with E-state index in [1.54, 1.807) is 41.2 Å². The molecule has 0 saturated heterocycles. The standard InChI is InChI=1S/C23H23ClN6O4/c1-13(20(31)32)14(2)30-22(33)27-21(26-18-9-6-16-11-25-28(3)19(16)10-18)29(23(30)34)12-15-4-7-17(24)8-5-15/h4-11,13-14H,12H2,1-3H3,(H,31,32)(H,26,27,33)/t13-,14+/m1/s1. The van der Waals surface area contributed by atoms with Gasteiger partial charge in [0, 0.05) is 23.1 Å². The second-order valence-electron chi connectivity index (χ2n) is 8.12. The molecule has 0 amide bonds. The highest BCUT2D eigenvalue weighted by molar-refractivity contribution is 6.30. The highest BCUT2D eigenvalue weighted by Crippen LogP contribution is 2.21. The van der Waals surface area contributed by atoms with Gasteiger partial charge in [-0.1, -0.05) is 23.7 Å². The summed E-state index contributed by atoms with van der Waals surface area (Å²) in [4.78, 5) is 41.9. The Morgan fingerprint density at radius 3 is 2.53 bits per heavy atom. The third-order valence-corrected chi connectivity index (χ3v) is 6.13. The van der Waals surface area contributed by atoms with Gasteiger partial charge in [-0.2, -0.15) is 10.1 Å². The quantitative estimate of drug-likeness (QED) is 0.415. The largest absolute Gasteiger partial charge is 0.481 e. The van der Waals surface area contributed by atoms with Crippen molar-refractivity contribution < 1.29 is 9.90 Å². The van der Waals surface area contributed by atoms with E-state index < -0.39 is 29.3 Å². The van der Waals surface area contributed by atoms with E-state index >= 15 is 0 Å². The molecule has 176 valence electrons. The van der Waals surface area contributed by atoms with Crippen LogP contribution in [0.2, 0.25) is 5.02 Å². The van der Waals surface area contributed by atoms with E-state index in [9.17, 15) is 19.5 Å². The van der Waals surface area contributed by atoms with Crippen LogP contribution in [0.1, 0.15) is 25.5 Å². The molecule has 0 saturated carbocycles. The second kappa shape index (κ2) is 9.14. The van der Waals surface area contributed by atoms with Gasteiger partial charge in [0.2, 0.25) is 5.95 Å². The average Bonchev–Trinajstić information content (AvgIpc) is 3.17. The van der Waals surface area contributed by atoms with E-state index in [1.165, 1.54) is 18.4 Å². The van der Waals surface area contributed by atoms with Gasteiger partial charge < -0.3 is 10.4 Å². The van der Waals surface area contributed by atoms with E-state index in [0.717, 1.165) is 21.0 Å². The topological polar surface area (TPSA) is 124 Å². The second-order valence-corrected chi connectivity index (χ2v) is 8.55. The first-order valence-electron chi connectivity index (χ1n) is 10.5. The lowest BCUT2D eigenvalue weighted by molar-refractivity contribution is -0.142. The third kappa shape index (κ3) is 4.44. The Morgan fingerprint density at radius 1 is 1.15 bits per heavy atom. The number of aromatic nitrogens is 5. The van der Waals surface area contributed by atoms with Gasteiger partial charge in [-0.05, 0) is 49.7 Å². The minimum Gasteiger partial charge on any atom is -0.481 e. The summed E-state index contributed by atoms with van der Waals surface area (Å²) in [6.07, 6.45) is 1.74. The van der Waals surface area contributed by atoms with E-state index in [2.05, 4.69) is 15.4 Å². The minimum absolute atomic E-state index is 0.0397. The molecule has 10 nitrogen and oxygen atoms in total. The zero-order chi connectivity index (χ0) is 24.6. The summed E-state index contributed by atoms with van der Waals surface area (Å²) < 4.78 is 3.90. The summed E-state index contributed by atoms with van der Waals surface area (Å²) in [6, 6.07) is 11.5. The number of carboxylic acid groups (broad SMARTS) is 1. The molecule has 2 aromatic carbocycles. The Morgan fingerprint density at radius 2 is 1.85 bits per heavy atom. The van der Waals surface area contributed by atoms with Crippen molar-refractivity contribution in [2.24, 2.45) is 13.0 Å². The number of carboxylic acids is 1. The Kier molecular flexibility index (Phi) is 6.25. The summed E-state index contributed by atoms with van der Waals surface area (Å²) >= 11 is 5.99. The van der Waals surface area contributed by atoms with Crippen molar-refractivity contribution in [1.29, 1.82) is 0 Å². The number of anilines is 2. The van der Waals surface area contributed by atoms with E-state index in [4.69, 9.17) is 11.6 Å². The van der Waals surface area contributed by atoms with Crippen LogP contribution in [0.3, 0.4) is 0 Å². The fraction of sp³-hybridized carbons (Fsp3) is 0.261. The van der Waals surface area contributed by atoms with Crippen molar-refractivity contribution in [2.45, 2.75) is 26.4 Å². The predicted molar refractivity (Wildman–Crippen MR) is 129 cm³/mol. The van der Waals surface area contributed by atoms with Crippen LogP contribution in [0.15, 0.2) is 58.3 Å². The summed E-state index contributed by atoms with van der Waals surface area (Å²) in [6.45, 7) is 3.05. The fourth-order valence-electron chi connectivity index (χ4n) is 3.65. The van der Waals surface area contributed by atoms with Crippen LogP contribution < -0.4 is 16.7 Å². The van der Waals surface area contributed by atoms with E-state index in [0.29, 0.717) is 10.7 Å². The third-order valence-electron chi connectivity index (χ3n) is 5.88. The first-order chi connectivity index (χ1) is 16.2. The molecule has 34 heavy (non-hydrogen) atoms. The lowest BCUT2D eigenvalue weighted by atomic mass is 10.0. The van der Waals surface area contributed by atoms with Gasteiger partial charge in [0.05, 0.1) is 30.2 Å². The van der Waals surface area contributed by atoms with E-state index in [1.807, 2.05) is 19.2 Å². The first kappa shape index (κ1) is 23.2. The first-order valence-corrected chi connectivity index (χ1v) is 10.9. The summed E-state index contributed by atoms with van der Waals surface area (Å²) in [5.74, 6) is -2.05. The normalized spacial score (nSPS) is 13.1. The molecular weight excluding hydrogens is 460 g/mol. The monoisotopic (exact) mass is 482 g/mol. The molecule has 11 heteroatoms. The van der Waals surface area contributed by atoms with Crippen LogP contribution in [-0.2, 0) is 18.4 Å². The fourth-order valence-corrected chi connectivity index (χ4v) is 3.77. The Labute approximate surface area is 199 Å². The molecule has 2 N–H and O–H groups in total. The van der Waals surface area contributed by atoms with Crippen molar-refractivity contribution in [3.63, 3.8) is 0 Å². The summed E-state index contributed by atoms with van der Waals surface area (Å²) in [5, 5.41) is 18.2. The molecular formula is C23H23ClN6O4. The van der Waals surface area contributed by atoms with Crippen molar-refractivity contribution in [3.05, 3.63) is 80.2 Å². The molecule has 0 radical (unpaired) electrons. The van der Waals surface area contributed by atoms with Gasteiger partial charge in [-0.15, -0.1) is 0 Å². The van der Waals surface area contributed by atoms with Gasteiger partial charge >= 0.3 is 17.3 Å². The Bertz CT molecular complexity index is 1490. The molecule has 0 aliphatic rings. The molecule has 0 unspecified atom stereocenters. The Hall–Kier alpha value is -3.92. The minimum atomic E-state index is -1.12. The number of nitrogens with zero attached hydrogens (tertiary/aromatic N) is 5. The number of hydrogen-bond donors (Lipinski definition) is 2. The SMILES string of the molecule is C[C@@H](C(=O)O)[C@H](C)n1c(=O)nc(Nc2ccc3cnn(C)c3c2)n(Cc2ccc(Cl)cc2)c1=O. The number of halogens is 1. The van der Waals surface area contributed by atoms with Crippen LogP contribution >= 0.6 is 11.6 Å². The van der Waals surface area contributed by atoms with Crippen LogP contribution in [0, 0.1) is 5.92 Å². The molecule has 4 rings (SSSR count). The number of fused-ring (bicyclic) bond motifs is 1. The predicted octanol–water partition coefficient (Wildman–Crippen LogP) is 3.02. The average molecular weight is 483 g/mol. The van der Waals surface area contributed by atoms with Crippen LogP contribution in [0.4, 0.5) is 11.6 Å². The number of aryl methyl sites for hydroxylation is 1. The molecule has 2 atom stereocenters. The molecule has 2 heterocycles. The molecule has 0 aliphatic carbocycles. The van der Waals surface area contributed by atoms with Crippen molar-refractivity contribution in [3.8, 4) is 0 Å². The number of hydrogen-bond acceptors (Lipinski definition) is 6.